The maximum atomic E-state index is 11.7. The molecular weight excluding hydrogens is 316 g/mol. The van der Waals surface area contributed by atoms with Gasteiger partial charge in [-0.15, -0.1) is 0 Å². The molecule has 6 heteroatoms. The highest BCUT2D eigenvalue weighted by Gasteiger charge is 2.25. The van der Waals surface area contributed by atoms with Gasteiger partial charge in [-0.1, -0.05) is 50.6 Å². The molecule has 0 bridgehead atoms. The van der Waals surface area contributed by atoms with Gasteiger partial charge in [0.2, 0.25) is 5.95 Å². The summed E-state index contributed by atoms with van der Waals surface area (Å²) in [5.41, 5.74) is 1.95. The molecule has 1 aromatic heterocycles. The average Bonchev–Trinajstić information content (AvgIpc) is 3.02. The zero-order chi connectivity index (χ0) is 18.2. The summed E-state index contributed by atoms with van der Waals surface area (Å²) in [6.45, 7) is 9.09. The van der Waals surface area contributed by atoms with Crippen LogP contribution < -0.4 is 10.2 Å². The van der Waals surface area contributed by atoms with E-state index in [1.54, 1.807) is 6.07 Å². The van der Waals surface area contributed by atoms with Crippen LogP contribution in [0.15, 0.2) is 36.4 Å². The van der Waals surface area contributed by atoms with Crippen LogP contribution in [-0.2, 0) is 4.74 Å². The molecule has 2 aromatic rings. The standard InChI is InChI=1S/C16H18N4O2.C3H8/c1-11-10-14(20-8-9-22-16(20)21)19-15(17-11)18-12(2)13-6-4-3-5-7-13;1-3-2/h3-7,10,12H,8-9H2,1-2H3,(H,17,18,19);3H2,1-2H3/t12-;/m0./s1. The molecule has 1 aromatic carbocycles. The molecular formula is C19H26N4O2. The maximum absolute atomic E-state index is 11.7. The number of carbonyl (C=O) groups excluding carboxylic acids is 1. The SMILES string of the molecule is CCC.Cc1cc(N2CCOC2=O)nc(N[C@@H](C)c2ccccc2)n1. The van der Waals surface area contributed by atoms with Gasteiger partial charge in [0.15, 0.2) is 0 Å². The predicted molar refractivity (Wildman–Crippen MR) is 99.9 cm³/mol. The van der Waals surface area contributed by atoms with Crippen molar-refractivity contribution in [1.82, 2.24) is 9.97 Å². The zero-order valence-electron chi connectivity index (χ0n) is 15.3. The number of amides is 1. The Morgan fingerprint density at radius 1 is 1.24 bits per heavy atom. The number of carbonyl (C=O) groups is 1. The van der Waals surface area contributed by atoms with E-state index in [1.165, 1.54) is 11.3 Å². The molecule has 0 unspecified atom stereocenters. The van der Waals surface area contributed by atoms with E-state index in [4.69, 9.17) is 4.74 Å². The largest absolute Gasteiger partial charge is 0.447 e. The Morgan fingerprint density at radius 3 is 2.52 bits per heavy atom. The van der Waals surface area contributed by atoms with E-state index in [0.717, 1.165) is 11.3 Å². The first-order chi connectivity index (χ1) is 12.0. The summed E-state index contributed by atoms with van der Waals surface area (Å²) < 4.78 is 4.96. The number of nitrogens with zero attached hydrogens (tertiary/aromatic N) is 3. The lowest BCUT2D eigenvalue weighted by molar-refractivity contribution is 0.181. The fourth-order valence-electron chi connectivity index (χ4n) is 2.37. The first kappa shape index (κ1) is 18.7. The van der Waals surface area contributed by atoms with E-state index in [9.17, 15) is 4.79 Å². The van der Waals surface area contributed by atoms with Gasteiger partial charge < -0.3 is 10.1 Å². The highest BCUT2D eigenvalue weighted by molar-refractivity contribution is 5.88. The highest BCUT2D eigenvalue weighted by Crippen LogP contribution is 2.21. The number of aryl methyl sites for hydroxylation is 1. The molecule has 134 valence electrons. The minimum absolute atomic E-state index is 0.0707. The Labute approximate surface area is 149 Å². The van der Waals surface area contributed by atoms with Crippen LogP contribution >= 0.6 is 0 Å². The van der Waals surface area contributed by atoms with Crippen molar-refractivity contribution < 1.29 is 9.53 Å². The number of cyclic esters (lactones) is 1. The van der Waals surface area contributed by atoms with Gasteiger partial charge in [0.05, 0.1) is 12.6 Å². The Kier molecular flexibility index (Phi) is 6.74. The minimum Gasteiger partial charge on any atom is -0.447 e. The number of hydrogen-bond donors (Lipinski definition) is 1. The number of nitrogens with one attached hydrogen (secondary N) is 1. The quantitative estimate of drug-likeness (QED) is 0.895. The molecule has 6 nitrogen and oxygen atoms in total. The summed E-state index contributed by atoms with van der Waals surface area (Å²) in [7, 11) is 0. The zero-order valence-corrected chi connectivity index (χ0v) is 15.3. The van der Waals surface area contributed by atoms with Crippen molar-refractivity contribution in [1.29, 1.82) is 0 Å². The summed E-state index contributed by atoms with van der Waals surface area (Å²) in [6.07, 6.45) is 0.889. The maximum Gasteiger partial charge on any atom is 0.415 e. The lowest BCUT2D eigenvalue weighted by atomic mass is 10.1. The third kappa shape index (κ3) is 5.17. The molecule has 1 atom stereocenters. The molecule has 1 saturated heterocycles. The van der Waals surface area contributed by atoms with Crippen molar-refractivity contribution in [2.24, 2.45) is 0 Å². The lowest BCUT2D eigenvalue weighted by Crippen LogP contribution is -2.25. The first-order valence-corrected chi connectivity index (χ1v) is 8.66. The van der Waals surface area contributed by atoms with Gasteiger partial charge in [0.1, 0.15) is 12.4 Å². The molecule has 1 N–H and O–H groups in total. The molecule has 1 amide bonds. The molecule has 1 aliphatic rings. The summed E-state index contributed by atoms with van der Waals surface area (Å²) in [5.74, 6) is 1.07. The number of ether oxygens (including phenoxy) is 1. The van der Waals surface area contributed by atoms with Crippen molar-refractivity contribution in [3.63, 3.8) is 0 Å². The molecule has 0 aliphatic carbocycles. The molecule has 25 heavy (non-hydrogen) atoms. The molecule has 3 rings (SSSR count). The van der Waals surface area contributed by atoms with E-state index >= 15 is 0 Å². The third-order valence-corrected chi connectivity index (χ3v) is 3.52. The van der Waals surface area contributed by atoms with Gasteiger partial charge in [0.25, 0.3) is 0 Å². The van der Waals surface area contributed by atoms with Crippen molar-refractivity contribution >= 4 is 17.9 Å². The van der Waals surface area contributed by atoms with E-state index in [2.05, 4.69) is 29.1 Å². The van der Waals surface area contributed by atoms with Crippen molar-refractivity contribution in [3.05, 3.63) is 47.7 Å². The number of hydrogen-bond acceptors (Lipinski definition) is 5. The number of anilines is 2. The number of benzene rings is 1. The number of aromatic nitrogens is 2. The normalized spacial score (nSPS) is 14.4. The summed E-state index contributed by atoms with van der Waals surface area (Å²) in [6, 6.07) is 11.9. The van der Waals surface area contributed by atoms with Crippen LogP contribution in [0.1, 0.15) is 44.5 Å². The lowest BCUT2D eigenvalue weighted by Gasteiger charge is -2.17. The van der Waals surface area contributed by atoms with E-state index in [0.29, 0.717) is 24.9 Å². The highest BCUT2D eigenvalue weighted by atomic mass is 16.6. The fourth-order valence-corrected chi connectivity index (χ4v) is 2.37. The van der Waals surface area contributed by atoms with Gasteiger partial charge in [-0.3, -0.25) is 4.90 Å². The second kappa shape index (κ2) is 9.01. The summed E-state index contributed by atoms with van der Waals surface area (Å²) >= 11 is 0. The van der Waals surface area contributed by atoms with Crippen molar-refractivity contribution in [3.8, 4) is 0 Å². The predicted octanol–water partition coefficient (Wildman–Crippen LogP) is 4.33. The van der Waals surface area contributed by atoms with Crippen LogP contribution in [0.2, 0.25) is 0 Å². The van der Waals surface area contributed by atoms with E-state index in [-0.39, 0.29) is 12.1 Å². The van der Waals surface area contributed by atoms with Gasteiger partial charge in [-0.05, 0) is 19.4 Å². The van der Waals surface area contributed by atoms with E-state index in [1.807, 2.05) is 44.2 Å². The van der Waals surface area contributed by atoms with Gasteiger partial charge in [-0.2, -0.15) is 4.98 Å². The van der Waals surface area contributed by atoms with Crippen LogP contribution in [0.3, 0.4) is 0 Å². The second-order valence-corrected chi connectivity index (χ2v) is 5.94. The van der Waals surface area contributed by atoms with Gasteiger partial charge in [-0.25, -0.2) is 9.78 Å². The average molecular weight is 342 g/mol. The fraction of sp³-hybridized carbons (Fsp3) is 0.421. The Hall–Kier alpha value is -2.63. The van der Waals surface area contributed by atoms with E-state index < -0.39 is 0 Å². The third-order valence-electron chi connectivity index (χ3n) is 3.52. The molecule has 0 radical (unpaired) electrons. The molecule has 1 fully saturated rings. The molecule has 0 saturated carbocycles. The van der Waals surface area contributed by atoms with Crippen molar-refractivity contribution in [2.75, 3.05) is 23.4 Å². The van der Waals surface area contributed by atoms with Gasteiger partial charge in [0, 0.05) is 11.8 Å². The molecule has 1 aliphatic heterocycles. The summed E-state index contributed by atoms with van der Waals surface area (Å²) in [4.78, 5) is 22.0. The van der Waals surface area contributed by atoms with Crippen LogP contribution in [0.25, 0.3) is 0 Å². The monoisotopic (exact) mass is 342 g/mol. The minimum atomic E-state index is -0.361. The topological polar surface area (TPSA) is 67.3 Å². The van der Waals surface area contributed by atoms with Crippen LogP contribution in [0.4, 0.5) is 16.6 Å². The van der Waals surface area contributed by atoms with Crippen LogP contribution in [0, 0.1) is 6.92 Å². The van der Waals surface area contributed by atoms with Gasteiger partial charge >= 0.3 is 6.09 Å². The summed E-state index contributed by atoms with van der Waals surface area (Å²) in [5, 5.41) is 3.28. The van der Waals surface area contributed by atoms with Crippen molar-refractivity contribution in [2.45, 2.75) is 40.2 Å². The number of rotatable bonds is 4. The molecule has 2 heterocycles. The Morgan fingerprint density at radius 2 is 1.92 bits per heavy atom. The first-order valence-electron chi connectivity index (χ1n) is 8.66. The van der Waals surface area contributed by atoms with Crippen LogP contribution in [0.5, 0.6) is 0 Å². The molecule has 0 spiro atoms. The smallest absolute Gasteiger partial charge is 0.415 e. The Balaban J connectivity index is 0.000000701. The second-order valence-electron chi connectivity index (χ2n) is 5.94. The Bertz CT molecular complexity index is 691. The van der Waals surface area contributed by atoms with Crippen LogP contribution in [-0.4, -0.2) is 29.2 Å².